The Morgan fingerprint density at radius 3 is 2.40 bits per heavy atom. The zero-order valence-corrected chi connectivity index (χ0v) is 10.8. The van der Waals surface area contributed by atoms with Crippen LogP contribution in [0.3, 0.4) is 0 Å². The molecule has 0 aliphatic carbocycles. The smallest absolute Gasteiger partial charge is 0.335 e. The van der Waals surface area contributed by atoms with Crippen molar-refractivity contribution in [1.82, 2.24) is 0 Å². The maximum absolute atomic E-state index is 11.0. The molecule has 0 spiro atoms. The molecule has 0 aromatic heterocycles. The highest BCUT2D eigenvalue weighted by atomic mass is 35.5. The van der Waals surface area contributed by atoms with E-state index in [9.17, 15) is 14.9 Å². The Morgan fingerprint density at radius 1 is 1.20 bits per heavy atom. The zero-order chi connectivity index (χ0) is 14.7. The van der Waals surface area contributed by atoms with Gasteiger partial charge in [0.2, 0.25) is 0 Å². The van der Waals surface area contributed by atoms with Crippen molar-refractivity contribution in [3.63, 3.8) is 0 Å². The number of nitrogens with zero attached hydrogens (tertiary/aromatic N) is 1. The number of anilines is 2. The molecule has 102 valence electrons. The Hall–Kier alpha value is -2.60. The second kappa shape index (κ2) is 5.58. The maximum atomic E-state index is 11.0. The molecule has 0 saturated heterocycles. The number of aromatic carboxylic acids is 1. The number of carbonyl (C=O) groups is 1. The van der Waals surface area contributed by atoms with E-state index < -0.39 is 10.9 Å². The Kier molecular flexibility index (Phi) is 3.86. The number of halogens is 1. The van der Waals surface area contributed by atoms with Crippen molar-refractivity contribution in [1.29, 1.82) is 0 Å². The van der Waals surface area contributed by atoms with Gasteiger partial charge in [-0.25, -0.2) is 4.79 Å². The Bertz CT molecular complexity index is 671. The highest BCUT2D eigenvalue weighted by Gasteiger charge is 2.18. The van der Waals surface area contributed by atoms with Crippen molar-refractivity contribution in [3.8, 4) is 0 Å². The van der Waals surface area contributed by atoms with Gasteiger partial charge in [0.25, 0.3) is 0 Å². The standard InChI is InChI=1S/C13H9ClN2O4/c14-10-2-1-3-11(12(10)16(19)20)15-9-6-4-8(5-7-9)13(17)18/h1-7,15H,(H,17,18). The first-order valence-corrected chi connectivity index (χ1v) is 5.90. The molecule has 0 atom stereocenters. The summed E-state index contributed by atoms with van der Waals surface area (Å²) in [6.07, 6.45) is 0. The van der Waals surface area contributed by atoms with E-state index in [0.29, 0.717) is 5.69 Å². The third-order valence-electron chi connectivity index (χ3n) is 2.58. The number of rotatable bonds is 4. The minimum atomic E-state index is -1.04. The van der Waals surface area contributed by atoms with Crippen LogP contribution in [0.5, 0.6) is 0 Å². The summed E-state index contributed by atoms with van der Waals surface area (Å²) in [7, 11) is 0. The number of carboxylic acid groups (broad SMARTS) is 1. The van der Waals surface area contributed by atoms with Crippen LogP contribution >= 0.6 is 11.6 Å². The average Bonchev–Trinajstić information content (AvgIpc) is 2.39. The number of para-hydroxylation sites is 1. The second-order valence-electron chi connectivity index (χ2n) is 3.90. The van der Waals surface area contributed by atoms with E-state index in [4.69, 9.17) is 16.7 Å². The molecule has 0 radical (unpaired) electrons. The SMILES string of the molecule is O=C(O)c1ccc(Nc2cccc(Cl)c2[N+](=O)[O-])cc1. The summed E-state index contributed by atoms with van der Waals surface area (Å²) < 4.78 is 0. The minimum Gasteiger partial charge on any atom is -0.478 e. The van der Waals surface area contributed by atoms with Gasteiger partial charge in [-0.2, -0.15) is 0 Å². The van der Waals surface area contributed by atoms with Crippen molar-refractivity contribution in [3.05, 3.63) is 63.2 Å². The van der Waals surface area contributed by atoms with E-state index >= 15 is 0 Å². The van der Waals surface area contributed by atoms with E-state index in [0.717, 1.165) is 0 Å². The second-order valence-corrected chi connectivity index (χ2v) is 4.31. The summed E-state index contributed by atoms with van der Waals surface area (Å²) >= 11 is 5.80. The molecule has 2 aromatic rings. The van der Waals surface area contributed by atoms with Gasteiger partial charge in [-0.1, -0.05) is 17.7 Å². The summed E-state index contributed by atoms with van der Waals surface area (Å²) in [5.41, 5.74) is 0.679. The first-order chi connectivity index (χ1) is 9.49. The summed E-state index contributed by atoms with van der Waals surface area (Å²) in [4.78, 5) is 21.1. The fraction of sp³-hybridized carbons (Fsp3) is 0. The van der Waals surface area contributed by atoms with Gasteiger partial charge >= 0.3 is 11.7 Å². The van der Waals surface area contributed by atoms with Crippen LogP contribution < -0.4 is 5.32 Å². The number of nitro groups is 1. The van der Waals surface area contributed by atoms with Crippen LogP contribution in [0.1, 0.15) is 10.4 Å². The average molecular weight is 293 g/mol. The predicted molar refractivity (Wildman–Crippen MR) is 74.8 cm³/mol. The van der Waals surface area contributed by atoms with Crippen LogP contribution in [0.4, 0.5) is 17.1 Å². The van der Waals surface area contributed by atoms with Gasteiger partial charge in [-0.3, -0.25) is 10.1 Å². The summed E-state index contributed by atoms with van der Waals surface area (Å²) in [6, 6.07) is 10.4. The molecule has 2 N–H and O–H groups in total. The van der Waals surface area contributed by atoms with Crippen LogP contribution in [-0.2, 0) is 0 Å². The molecule has 7 heteroatoms. The van der Waals surface area contributed by atoms with Gasteiger partial charge in [0.05, 0.1) is 10.5 Å². The van der Waals surface area contributed by atoms with E-state index in [2.05, 4.69) is 5.32 Å². The van der Waals surface area contributed by atoms with Gasteiger partial charge in [-0.05, 0) is 36.4 Å². The van der Waals surface area contributed by atoms with Crippen molar-refractivity contribution >= 4 is 34.6 Å². The topological polar surface area (TPSA) is 92.5 Å². The molecular formula is C13H9ClN2O4. The third-order valence-corrected chi connectivity index (χ3v) is 2.89. The van der Waals surface area contributed by atoms with E-state index in [1.54, 1.807) is 6.07 Å². The van der Waals surface area contributed by atoms with Gasteiger partial charge in [0, 0.05) is 5.69 Å². The van der Waals surface area contributed by atoms with Gasteiger partial charge in [-0.15, -0.1) is 0 Å². The molecule has 0 bridgehead atoms. The molecule has 0 aliphatic rings. The number of nitro benzene ring substituents is 1. The quantitative estimate of drug-likeness (QED) is 0.662. The van der Waals surface area contributed by atoms with Gasteiger partial charge in [0.1, 0.15) is 10.7 Å². The highest BCUT2D eigenvalue weighted by molar-refractivity contribution is 6.33. The van der Waals surface area contributed by atoms with Crippen LogP contribution in [0.15, 0.2) is 42.5 Å². The van der Waals surface area contributed by atoms with Crippen LogP contribution in [0.25, 0.3) is 0 Å². The van der Waals surface area contributed by atoms with Crippen molar-refractivity contribution in [2.45, 2.75) is 0 Å². The summed E-state index contributed by atoms with van der Waals surface area (Å²) in [6.45, 7) is 0. The molecule has 0 amide bonds. The maximum Gasteiger partial charge on any atom is 0.335 e. The molecule has 2 aromatic carbocycles. The number of hydrogen-bond donors (Lipinski definition) is 2. The fourth-order valence-electron chi connectivity index (χ4n) is 1.65. The lowest BCUT2D eigenvalue weighted by Crippen LogP contribution is -1.99. The summed E-state index contributed by atoms with van der Waals surface area (Å²) in [5, 5.41) is 22.6. The van der Waals surface area contributed by atoms with Crippen LogP contribution in [0, 0.1) is 10.1 Å². The Balaban J connectivity index is 2.33. The van der Waals surface area contributed by atoms with E-state index in [1.807, 2.05) is 0 Å². The van der Waals surface area contributed by atoms with Crippen molar-refractivity contribution in [2.24, 2.45) is 0 Å². The lowest BCUT2D eigenvalue weighted by atomic mass is 10.2. The van der Waals surface area contributed by atoms with Crippen molar-refractivity contribution in [2.75, 3.05) is 5.32 Å². The normalized spacial score (nSPS) is 10.1. The molecule has 6 nitrogen and oxygen atoms in total. The minimum absolute atomic E-state index is 0.0298. The fourth-order valence-corrected chi connectivity index (χ4v) is 1.90. The van der Waals surface area contributed by atoms with Gasteiger partial charge < -0.3 is 10.4 Å². The number of benzene rings is 2. The molecule has 0 aliphatic heterocycles. The first kappa shape index (κ1) is 13.8. The first-order valence-electron chi connectivity index (χ1n) is 5.52. The molecule has 0 unspecified atom stereocenters. The van der Waals surface area contributed by atoms with Crippen LogP contribution in [0.2, 0.25) is 5.02 Å². The Labute approximate surface area is 118 Å². The van der Waals surface area contributed by atoms with Gasteiger partial charge in [0.15, 0.2) is 0 Å². The molecule has 0 saturated carbocycles. The lowest BCUT2D eigenvalue weighted by molar-refractivity contribution is -0.383. The lowest BCUT2D eigenvalue weighted by Gasteiger charge is -2.08. The highest BCUT2D eigenvalue weighted by Crippen LogP contribution is 2.34. The Morgan fingerprint density at radius 2 is 1.85 bits per heavy atom. The zero-order valence-electron chi connectivity index (χ0n) is 10.0. The number of hydrogen-bond acceptors (Lipinski definition) is 4. The monoisotopic (exact) mass is 292 g/mol. The largest absolute Gasteiger partial charge is 0.478 e. The van der Waals surface area contributed by atoms with E-state index in [-0.39, 0.29) is 22.0 Å². The van der Waals surface area contributed by atoms with E-state index in [1.165, 1.54) is 36.4 Å². The van der Waals surface area contributed by atoms with Crippen LogP contribution in [-0.4, -0.2) is 16.0 Å². The molecule has 20 heavy (non-hydrogen) atoms. The number of nitrogens with one attached hydrogen (secondary N) is 1. The molecule has 0 fully saturated rings. The molecular weight excluding hydrogens is 284 g/mol. The predicted octanol–water partition coefficient (Wildman–Crippen LogP) is 3.69. The number of carboxylic acids is 1. The van der Waals surface area contributed by atoms with Crippen molar-refractivity contribution < 1.29 is 14.8 Å². The molecule has 2 rings (SSSR count). The summed E-state index contributed by atoms with van der Waals surface area (Å²) in [5.74, 6) is -1.04. The molecule has 0 heterocycles. The third kappa shape index (κ3) is 2.86.